The van der Waals surface area contributed by atoms with E-state index in [1.54, 1.807) is 6.07 Å². The molecule has 1 unspecified atom stereocenters. The summed E-state index contributed by atoms with van der Waals surface area (Å²) in [7, 11) is 0. The second-order valence-electron chi connectivity index (χ2n) is 4.15. The Morgan fingerprint density at radius 3 is 2.88 bits per heavy atom. The molecule has 0 bridgehead atoms. The molecule has 0 spiro atoms. The van der Waals surface area contributed by atoms with Crippen LogP contribution in [0.3, 0.4) is 0 Å². The van der Waals surface area contributed by atoms with Crippen molar-refractivity contribution in [2.24, 2.45) is 0 Å². The quantitative estimate of drug-likeness (QED) is 0.847. The molecule has 0 aromatic heterocycles. The largest absolute Gasteiger partial charge is 0.478 e. The van der Waals surface area contributed by atoms with Crippen LogP contribution in [0.15, 0.2) is 18.2 Å². The third kappa shape index (κ3) is 2.16. The average Bonchev–Trinajstić information content (AvgIpc) is 2.64. The molecule has 0 aliphatic carbocycles. The van der Waals surface area contributed by atoms with Crippen LogP contribution in [0.5, 0.6) is 0 Å². The summed E-state index contributed by atoms with van der Waals surface area (Å²) in [4.78, 5) is 13.4. The molecule has 1 N–H and O–H groups in total. The molecule has 4 heteroatoms. The fourth-order valence-corrected chi connectivity index (χ4v) is 2.71. The normalized spacial score (nSPS) is 20.1. The predicted octanol–water partition coefficient (Wildman–Crippen LogP) is 2.98. The first-order valence-corrected chi connectivity index (χ1v) is 6.47. The van der Waals surface area contributed by atoms with E-state index in [0.717, 1.165) is 28.6 Å². The molecule has 1 aromatic rings. The van der Waals surface area contributed by atoms with Gasteiger partial charge in [0.1, 0.15) is 0 Å². The van der Waals surface area contributed by atoms with Gasteiger partial charge in [0.2, 0.25) is 0 Å². The van der Waals surface area contributed by atoms with Crippen molar-refractivity contribution in [3.05, 3.63) is 27.3 Å². The van der Waals surface area contributed by atoms with Crippen molar-refractivity contribution in [3.8, 4) is 0 Å². The summed E-state index contributed by atoms with van der Waals surface area (Å²) in [6, 6.07) is 6.07. The standard InChI is InChI=1S/C12H14INO2/c1-8-3-2-6-14(8)11-5-4-9(13)7-10(11)12(15)16/h4-5,7-8H,2-3,6H2,1H3,(H,15,16). The summed E-state index contributed by atoms with van der Waals surface area (Å²) in [6.45, 7) is 3.11. The zero-order chi connectivity index (χ0) is 11.7. The van der Waals surface area contributed by atoms with Crippen molar-refractivity contribution in [1.82, 2.24) is 0 Å². The Bertz CT molecular complexity index is 419. The maximum atomic E-state index is 11.2. The summed E-state index contributed by atoms with van der Waals surface area (Å²) < 4.78 is 0.964. The van der Waals surface area contributed by atoms with Crippen molar-refractivity contribution < 1.29 is 9.90 Å². The molecule has 16 heavy (non-hydrogen) atoms. The van der Waals surface area contributed by atoms with Gasteiger partial charge >= 0.3 is 5.97 Å². The van der Waals surface area contributed by atoms with Gasteiger partial charge in [-0.05, 0) is 60.6 Å². The Labute approximate surface area is 109 Å². The molecule has 1 aliphatic rings. The van der Waals surface area contributed by atoms with Crippen LogP contribution < -0.4 is 4.90 Å². The number of anilines is 1. The van der Waals surface area contributed by atoms with Crippen molar-refractivity contribution in [3.63, 3.8) is 0 Å². The lowest BCUT2D eigenvalue weighted by Crippen LogP contribution is -2.28. The van der Waals surface area contributed by atoms with Crippen LogP contribution in [0.2, 0.25) is 0 Å². The second-order valence-corrected chi connectivity index (χ2v) is 5.40. The fourth-order valence-electron chi connectivity index (χ4n) is 2.22. The van der Waals surface area contributed by atoms with Crippen LogP contribution in [0.1, 0.15) is 30.1 Å². The molecule has 86 valence electrons. The van der Waals surface area contributed by atoms with E-state index in [0.29, 0.717) is 11.6 Å². The smallest absolute Gasteiger partial charge is 0.337 e. The Balaban J connectivity index is 2.43. The molecule has 1 heterocycles. The number of carboxylic acid groups (broad SMARTS) is 1. The van der Waals surface area contributed by atoms with E-state index in [4.69, 9.17) is 0 Å². The van der Waals surface area contributed by atoms with Crippen LogP contribution in [-0.4, -0.2) is 23.7 Å². The third-order valence-electron chi connectivity index (χ3n) is 3.05. The Hall–Kier alpha value is -0.780. The van der Waals surface area contributed by atoms with E-state index in [-0.39, 0.29) is 0 Å². The van der Waals surface area contributed by atoms with Gasteiger partial charge < -0.3 is 10.0 Å². The van der Waals surface area contributed by atoms with E-state index >= 15 is 0 Å². The lowest BCUT2D eigenvalue weighted by Gasteiger charge is -2.25. The van der Waals surface area contributed by atoms with Crippen molar-refractivity contribution in [1.29, 1.82) is 0 Å². The molecular weight excluding hydrogens is 317 g/mol. The van der Waals surface area contributed by atoms with Gasteiger partial charge in [0.05, 0.1) is 11.3 Å². The van der Waals surface area contributed by atoms with Gasteiger partial charge in [0.15, 0.2) is 0 Å². The molecule has 3 nitrogen and oxygen atoms in total. The molecule has 2 rings (SSSR count). The van der Waals surface area contributed by atoms with Gasteiger partial charge in [-0.1, -0.05) is 0 Å². The lowest BCUT2D eigenvalue weighted by atomic mass is 10.1. The molecule has 0 radical (unpaired) electrons. The van der Waals surface area contributed by atoms with Gasteiger partial charge in [0, 0.05) is 16.2 Å². The number of rotatable bonds is 2. The Kier molecular flexibility index (Phi) is 3.37. The zero-order valence-electron chi connectivity index (χ0n) is 9.11. The SMILES string of the molecule is CC1CCCN1c1ccc(I)cc1C(=O)O. The topological polar surface area (TPSA) is 40.5 Å². The first kappa shape index (κ1) is 11.7. The van der Waals surface area contributed by atoms with E-state index in [2.05, 4.69) is 34.4 Å². The zero-order valence-corrected chi connectivity index (χ0v) is 11.3. The number of carboxylic acids is 1. The number of carbonyl (C=O) groups is 1. The van der Waals surface area contributed by atoms with Gasteiger partial charge in [-0.2, -0.15) is 0 Å². The third-order valence-corrected chi connectivity index (χ3v) is 3.72. The number of benzene rings is 1. The number of halogens is 1. The van der Waals surface area contributed by atoms with Crippen LogP contribution in [0.4, 0.5) is 5.69 Å². The minimum absolute atomic E-state index is 0.417. The average molecular weight is 331 g/mol. The molecule has 1 fully saturated rings. The van der Waals surface area contributed by atoms with Gasteiger partial charge in [0.25, 0.3) is 0 Å². The van der Waals surface area contributed by atoms with E-state index < -0.39 is 5.97 Å². The molecule has 0 amide bonds. The van der Waals surface area contributed by atoms with Crippen molar-refractivity contribution >= 4 is 34.2 Å². The summed E-state index contributed by atoms with van der Waals surface area (Å²) in [6.07, 6.45) is 2.29. The summed E-state index contributed by atoms with van der Waals surface area (Å²) in [5.74, 6) is -0.840. The highest BCUT2D eigenvalue weighted by molar-refractivity contribution is 14.1. The summed E-state index contributed by atoms with van der Waals surface area (Å²) >= 11 is 2.14. The lowest BCUT2D eigenvalue weighted by molar-refractivity contribution is 0.0697. The first-order chi connectivity index (χ1) is 7.59. The number of aromatic carboxylic acids is 1. The maximum Gasteiger partial charge on any atom is 0.337 e. The summed E-state index contributed by atoms with van der Waals surface area (Å²) in [5.41, 5.74) is 1.28. The van der Waals surface area contributed by atoms with E-state index in [1.807, 2.05) is 12.1 Å². The Morgan fingerprint density at radius 2 is 2.31 bits per heavy atom. The van der Waals surface area contributed by atoms with Crippen LogP contribution in [0, 0.1) is 3.57 Å². The van der Waals surface area contributed by atoms with Crippen molar-refractivity contribution in [2.75, 3.05) is 11.4 Å². The molecule has 1 aliphatic heterocycles. The minimum atomic E-state index is -0.840. The van der Waals surface area contributed by atoms with E-state index in [1.165, 1.54) is 0 Å². The van der Waals surface area contributed by atoms with Crippen LogP contribution in [0.25, 0.3) is 0 Å². The molecule has 0 saturated carbocycles. The summed E-state index contributed by atoms with van der Waals surface area (Å²) in [5, 5.41) is 9.21. The monoisotopic (exact) mass is 331 g/mol. The Morgan fingerprint density at radius 1 is 1.56 bits per heavy atom. The highest BCUT2D eigenvalue weighted by Gasteiger charge is 2.24. The number of hydrogen-bond acceptors (Lipinski definition) is 2. The molecule has 1 atom stereocenters. The molecule has 1 aromatic carbocycles. The number of hydrogen-bond donors (Lipinski definition) is 1. The van der Waals surface area contributed by atoms with E-state index in [9.17, 15) is 9.90 Å². The molecule has 1 saturated heterocycles. The number of nitrogens with zero attached hydrogens (tertiary/aromatic N) is 1. The van der Waals surface area contributed by atoms with Gasteiger partial charge in [-0.15, -0.1) is 0 Å². The minimum Gasteiger partial charge on any atom is -0.478 e. The van der Waals surface area contributed by atoms with Gasteiger partial charge in [-0.25, -0.2) is 4.79 Å². The molecular formula is C12H14INO2. The predicted molar refractivity (Wildman–Crippen MR) is 72.2 cm³/mol. The first-order valence-electron chi connectivity index (χ1n) is 5.39. The van der Waals surface area contributed by atoms with Crippen LogP contribution in [-0.2, 0) is 0 Å². The maximum absolute atomic E-state index is 11.2. The highest BCUT2D eigenvalue weighted by Crippen LogP contribution is 2.29. The fraction of sp³-hybridized carbons (Fsp3) is 0.417. The highest BCUT2D eigenvalue weighted by atomic mass is 127. The second kappa shape index (κ2) is 4.61. The van der Waals surface area contributed by atoms with Gasteiger partial charge in [-0.3, -0.25) is 0 Å². The van der Waals surface area contributed by atoms with Crippen molar-refractivity contribution in [2.45, 2.75) is 25.8 Å². The van der Waals surface area contributed by atoms with Crippen LogP contribution >= 0.6 is 22.6 Å².